The van der Waals surface area contributed by atoms with E-state index in [1.165, 1.54) is 18.2 Å². The quantitative estimate of drug-likeness (QED) is 0.473. The van der Waals surface area contributed by atoms with Crippen molar-refractivity contribution in [2.75, 3.05) is 11.9 Å². The fourth-order valence-electron chi connectivity index (χ4n) is 1.71. The summed E-state index contributed by atoms with van der Waals surface area (Å²) in [4.78, 5) is 22.2. The minimum absolute atomic E-state index is 0.0816. The van der Waals surface area contributed by atoms with Crippen LogP contribution in [0.3, 0.4) is 0 Å². The van der Waals surface area contributed by atoms with Crippen LogP contribution in [0, 0.1) is 22.5 Å². The number of hydrogen-bond acceptors (Lipinski definition) is 4. The predicted molar refractivity (Wildman–Crippen MR) is 77.6 cm³/mol. The number of nitrogens with zero attached hydrogens (tertiary/aromatic N) is 1. The number of nitrogens with one attached hydrogen (secondary N) is 2. The fraction of sp³-hybridized carbons (Fsp3) is 0.357. The van der Waals surface area contributed by atoms with Crippen molar-refractivity contribution in [3.05, 3.63) is 33.9 Å². The summed E-state index contributed by atoms with van der Waals surface area (Å²) in [5.41, 5.74) is 0.580. The Morgan fingerprint density at radius 2 is 2.25 bits per heavy atom. The molecule has 6 heteroatoms. The molecule has 0 bridgehead atoms. The second-order valence-electron chi connectivity index (χ2n) is 4.30. The number of anilines is 1. The molecule has 0 radical (unpaired) electrons. The van der Waals surface area contributed by atoms with Crippen LogP contribution in [0.1, 0.15) is 30.6 Å². The van der Waals surface area contributed by atoms with Crippen LogP contribution in [0.25, 0.3) is 0 Å². The van der Waals surface area contributed by atoms with Gasteiger partial charge in [0.25, 0.3) is 11.6 Å². The van der Waals surface area contributed by atoms with E-state index in [1.807, 2.05) is 6.92 Å². The van der Waals surface area contributed by atoms with Crippen molar-refractivity contribution in [3.63, 3.8) is 0 Å². The van der Waals surface area contributed by atoms with E-state index in [0.29, 0.717) is 24.2 Å². The number of rotatable bonds is 6. The highest BCUT2D eigenvalue weighted by Crippen LogP contribution is 2.26. The van der Waals surface area contributed by atoms with E-state index in [1.54, 1.807) is 6.92 Å². The maximum absolute atomic E-state index is 11.7. The van der Waals surface area contributed by atoms with Crippen LogP contribution >= 0.6 is 0 Å². The molecule has 6 nitrogen and oxygen atoms in total. The first kappa shape index (κ1) is 15.5. The molecule has 106 valence electrons. The van der Waals surface area contributed by atoms with Gasteiger partial charge in [0.1, 0.15) is 5.69 Å². The topological polar surface area (TPSA) is 84.3 Å². The lowest BCUT2D eigenvalue weighted by Crippen LogP contribution is -2.23. The minimum atomic E-state index is -0.494. The van der Waals surface area contributed by atoms with Crippen molar-refractivity contribution in [1.82, 2.24) is 5.32 Å². The molecule has 1 amide bonds. The Kier molecular flexibility index (Phi) is 5.54. The molecule has 0 aliphatic heterocycles. The Morgan fingerprint density at radius 1 is 1.55 bits per heavy atom. The molecule has 0 spiro atoms. The molecule has 1 rings (SSSR count). The Balaban J connectivity index is 3.09. The lowest BCUT2D eigenvalue weighted by atomic mass is 10.1. The van der Waals surface area contributed by atoms with Crippen LogP contribution in [-0.2, 0) is 0 Å². The van der Waals surface area contributed by atoms with Crippen LogP contribution in [0.5, 0.6) is 0 Å². The van der Waals surface area contributed by atoms with Gasteiger partial charge in [-0.1, -0.05) is 0 Å². The molecule has 0 aliphatic rings. The van der Waals surface area contributed by atoms with E-state index in [4.69, 9.17) is 6.42 Å². The van der Waals surface area contributed by atoms with E-state index < -0.39 is 4.92 Å². The lowest BCUT2D eigenvalue weighted by Gasteiger charge is -2.13. The number of nitro groups is 1. The molecule has 0 aliphatic carbocycles. The van der Waals surface area contributed by atoms with E-state index in [-0.39, 0.29) is 17.6 Å². The average molecular weight is 275 g/mol. The molecule has 1 aromatic carbocycles. The minimum Gasteiger partial charge on any atom is -0.376 e. The van der Waals surface area contributed by atoms with Gasteiger partial charge in [-0.2, -0.15) is 0 Å². The van der Waals surface area contributed by atoms with Gasteiger partial charge in [0.15, 0.2) is 0 Å². The summed E-state index contributed by atoms with van der Waals surface area (Å²) in [6.45, 7) is 4.12. The molecule has 0 heterocycles. The predicted octanol–water partition coefficient (Wildman–Crippen LogP) is 2.17. The Labute approximate surface area is 117 Å². The normalized spacial score (nSPS) is 11.2. The van der Waals surface area contributed by atoms with Crippen LogP contribution in [-0.4, -0.2) is 23.4 Å². The van der Waals surface area contributed by atoms with Gasteiger partial charge < -0.3 is 10.6 Å². The second kappa shape index (κ2) is 7.14. The highest BCUT2D eigenvalue weighted by Gasteiger charge is 2.17. The molecule has 1 aromatic rings. The standard InChI is InChI=1S/C14H17N3O3/c1-4-6-10(3)16-12-9-11(14(18)15-5-2)7-8-13(12)17(19)20/h1,7-10,16H,5-6H2,2-3H3,(H,15,18). The maximum atomic E-state index is 11.7. The van der Waals surface area contributed by atoms with Crippen molar-refractivity contribution in [2.24, 2.45) is 0 Å². The molecular weight excluding hydrogens is 258 g/mol. The summed E-state index contributed by atoms with van der Waals surface area (Å²) in [6.07, 6.45) is 5.64. The van der Waals surface area contributed by atoms with Crippen molar-refractivity contribution in [3.8, 4) is 12.3 Å². The van der Waals surface area contributed by atoms with Gasteiger partial charge in [-0.15, -0.1) is 12.3 Å². The van der Waals surface area contributed by atoms with Gasteiger partial charge in [0.05, 0.1) is 4.92 Å². The first-order valence-electron chi connectivity index (χ1n) is 6.26. The molecule has 20 heavy (non-hydrogen) atoms. The average Bonchev–Trinajstić information content (AvgIpc) is 2.38. The van der Waals surface area contributed by atoms with Gasteiger partial charge in [-0.05, 0) is 26.0 Å². The van der Waals surface area contributed by atoms with Crippen LogP contribution < -0.4 is 10.6 Å². The SMILES string of the molecule is C#CCC(C)Nc1cc(C(=O)NCC)ccc1[N+](=O)[O-]. The summed E-state index contributed by atoms with van der Waals surface area (Å²) in [5.74, 6) is 2.21. The number of carbonyl (C=O) groups excluding carboxylic acids is 1. The van der Waals surface area contributed by atoms with Gasteiger partial charge >= 0.3 is 0 Å². The highest BCUT2D eigenvalue weighted by atomic mass is 16.6. The second-order valence-corrected chi connectivity index (χ2v) is 4.30. The molecule has 1 unspecified atom stereocenters. The van der Waals surface area contributed by atoms with Crippen LogP contribution in [0.15, 0.2) is 18.2 Å². The molecule has 1 atom stereocenters. The molecule has 0 saturated heterocycles. The highest BCUT2D eigenvalue weighted by molar-refractivity contribution is 5.95. The smallest absolute Gasteiger partial charge is 0.292 e. The van der Waals surface area contributed by atoms with Gasteiger partial charge in [0.2, 0.25) is 0 Å². The molecule has 0 aromatic heterocycles. The third-order valence-electron chi connectivity index (χ3n) is 2.62. The number of terminal acetylenes is 1. The van der Waals surface area contributed by atoms with E-state index in [2.05, 4.69) is 16.6 Å². The van der Waals surface area contributed by atoms with Gasteiger partial charge in [-0.3, -0.25) is 14.9 Å². The lowest BCUT2D eigenvalue weighted by molar-refractivity contribution is -0.384. The molecule has 0 fully saturated rings. The summed E-state index contributed by atoms with van der Waals surface area (Å²) >= 11 is 0. The Bertz CT molecular complexity index is 549. The fourth-order valence-corrected chi connectivity index (χ4v) is 1.71. The maximum Gasteiger partial charge on any atom is 0.292 e. The summed E-state index contributed by atoms with van der Waals surface area (Å²) in [6, 6.07) is 4.09. The molecular formula is C14H17N3O3. The van der Waals surface area contributed by atoms with Crippen molar-refractivity contribution >= 4 is 17.3 Å². The van der Waals surface area contributed by atoms with E-state index in [0.717, 1.165) is 0 Å². The van der Waals surface area contributed by atoms with Crippen LogP contribution in [0.2, 0.25) is 0 Å². The van der Waals surface area contributed by atoms with Gasteiger partial charge in [0, 0.05) is 30.6 Å². The largest absolute Gasteiger partial charge is 0.376 e. The number of nitro benzene ring substituents is 1. The molecule has 0 saturated carbocycles. The number of hydrogen-bond donors (Lipinski definition) is 2. The monoisotopic (exact) mass is 275 g/mol. The van der Waals surface area contributed by atoms with Crippen LogP contribution in [0.4, 0.5) is 11.4 Å². The van der Waals surface area contributed by atoms with Gasteiger partial charge in [-0.25, -0.2) is 0 Å². The zero-order valence-electron chi connectivity index (χ0n) is 11.5. The zero-order chi connectivity index (χ0) is 15.1. The zero-order valence-corrected chi connectivity index (χ0v) is 11.5. The Hall–Kier alpha value is -2.55. The van der Waals surface area contributed by atoms with E-state index in [9.17, 15) is 14.9 Å². The first-order chi connectivity index (χ1) is 9.49. The number of benzene rings is 1. The summed E-state index contributed by atoms with van der Waals surface area (Å²) in [7, 11) is 0. The Morgan fingerprint density at radius 3 is 2.80 bits per heavy atom. The number of amides is 1. The third kappa shape index (κ3) is 3.99. The van der Waals surface area contributed by atoms with Crippen molar-refractivity contribution in [1.29, 1.82) is 0 Å². The summed E-state index contributed by atoms with van der Waals surface area (Å²) in [5, 5.41) is 16.6. The number of carbonyl (C=O) groups is 1. The third-order valence-corrected chi connectivity index (χ3v) is 2.62. The van der Waals surface area contributed by atoms with Crippen molar-refractivity contribution in [2.45, 2.75) is 26.3 Å². The summed E-state index contributed by atoms with van der Waals surface area (Å²) < 4.78 is 0. The van der Waals surface area contributed by atoms with E-state index >= 15 is 0 Å². The molecule has 2 N–H and O–H groups in total. The van der Waals surface area contributed by atoms with Crippen molar-refractivity contribution < 1.29 is 9.72 Å². The first-order valence-corrected chi connectivity index (χ1v) is 6.26.